The highest BCUT2D eigenvalue weighted by Gasteiger charge is 2.13. The van der Waals surface area contributed by atoms with E-state index in [-0.39, 0.29) is 12.5 Å². The summed E-state index contributed by atoms with van der Waals surface area (Å²) in [6.45, 7) is 2.02. The van der Waals surface area contributed by atoms with E-state index in [1.807, 2.05) is 24.3 Å². The number of ether oxygens (including phenoxy) is 3. The molecule has 1 N–H and O–H groups in total. The van der Waals surface area contributed by atoms with Crippen molar-refractivity contribution in [3.63, 3.8) is 0 Å². The predicted octanol–water partition coefficient (Wildman–Crippen LogP) is 4.33. The van der Waals surface area contributed by atoms with Crippen molar-refractivity contribution >= 4 is 23.2 Å². The number of halogens is 1. The molecule has 0 aliphatic rings. The molecule has 2 rings (SSSR count). The number of anilines is 1. The molecule has 134 valence electrons. The Morgan fingerprint density at radius 2 is 1.76 bits per heavy atom. The smallest absolute Gasteiger partial charge is 0.262 e. The summed E-state index contributed by atoms with van der Waals surface area (Å²) >= 11 is 6.05. The summed E-state index contributed by atoms with van der Waals surface area (Å²) in [5, 5.41) is 3.14. The van der Waals surface area contributed by atoms with Crippen molar-refractivity contribution in [2.45, 2.75) is 19.8 Å². The van der Waals surface area contributed by atoms with Crippen molar-refractivity contribution in [2.75, 3.05) is 26.1 Å². The van der Waals surface area contributed by atoms with Crippen molar-refractivity contribution in [1.82, 2.24) is 0 Å². The van der Waals surface area contributed by atoms with E-state index in [0.717, 1.165) is 12.8 Å². The van der Waals surface area contributed by atoms with Crippen LogP contribution in [0.3, 0.4) is 0 Å². The Labute approximate surface area is 152 Å². The van der Waals surface area contributed by atoms with Crippen LogP contribution < -0.4 is 19.5 Å². The lowest BCUT2D eigenvalue weighted by atomic mass is 10.1. The highest BCUT2D eigenvalue weighted by atomic mass is 35.5. The summed E-state index contributed by atoms with van der Waals surface area (Å²) in [7, 11) is 3.01. The van der Waals surface area contributed by atoms with Gasteiger partial charge in [-0.15, -0.1) is 0 Å². The van der Waals surface area contributed by atoms with Gasteiger partial charge in [0.25, 0.3) is 5.91 Å². The Morgan fingerprint density at radius 3 is 2.36 bits per heavy atom. The first-order chi connectivity index (χ1) is 12.1. The number of nitrogens with one attached hydrogen (secondary N) is 1. The molecule has 0 spiro atoms. The first kappa shape index (κ1) is 18.9. The highest BCUT2D eigenvalue weighted by molar-refractivity contribution is 6.32. The maximum Gasteiger partial charge on any atom is 0.262 e. The molecule has 0 aromatic heterocycles. The zero-order valence-corrected chi connectivity index (χ0v) is 15.4. The lowest BCUT2D eigenvalue weighted by Gasteiger charge is -2.13. The number of carbonyl (C=O) groups excluding carboxylic acids is 1. The molecule has 0 saturated heterocycles. The quantitative estimate of drug-likeness (QED) is 0.758. The van der Waals surface area contributed by atoms with E-state index >= 15 is 0 Å². The number of hydrogen-bond acceptors (Lipinski definition) is 4. The van der Waals surface area contributed by atoms with Crippen LogP contribution in [0.25, 0.3) is 0 Å². The van der Waals surface area contributed by atoms with Gasteiger partial charge in [-0.1, -0.05) is 37.1 Å². The van der Waals surface area contributed by atoms with Crippen LogP contribution in [0.4, 0.5) is 5.69 Å². The molecule has 0 aliphatic carbocycles. The monoisotopic (exact) mass is 363 g/mol. The minimum Gasteiger partial charge on any atom is -0.495 e. The van der Waals surface area contributed by atoms with Crippen LogP contribution in [0.5, 0.6) is 17.2 Å². The molecule has 5 nitrogen and oxygen atoms in total. The average Bonchev–Trinajstić information content (AvgIpc) is 2.62. The second-order valence-electron chi connectivity index (χ2n) is 5.42. The van der Waals surface area contributed by atoms with E-state index in [2.05, 4.69) is 12.2 Å². The lowest BCUT2D eigenvalue weighted by Crippen LogP contribution is -2.20. The van der Waals surface area contributed by atoms with E-state index in [4.69, 9.17) is 25.8 Å². The molecule has 0 radical (unpaired) electrons. The van der Waals surface area contributed by atoms with Gasteiger partial charge in [0.1, 0.15) is 17.2 Å². The van der Waals surface area contributed by atoms with Gasteiger partial charge in [-0.2, -0.15) is 0 Å². The van der Waals surface area contributed by atoms with Gasteiger partial charge in [0, 0.05) is 12.1 Å². The summed E-state index contributed by atoms with van der Waals surface area (Å²) in [4.78, 5) is 12.1. The number of hydrogen-bond donors (Lipinski definition) is 1. The topological polar surface area (TPSA) is 56.8 Å². The predicted molar refractivity (Wildman–Crippen MR) is 99.1 cm³/mol. The Bertz CT molecular complexity index is 716. The fourth-order valence-electron chi connectivity index (χ4n) is 2.33. The summed E-state index contributed by atoms with van der Waals surface area (Å²) < 4.78 is 15.9. The minimum absolute atomic E-state index is 0.110. The number of aryl methyl sites for hydroxylation is 1. The number of methoxy groups -OCH3 is 2. The molecule has 0 heterocycles. The van der Waals surface area contributed by atoms with Crippen LogP contribution in [0, 0.1) is 0 Å². The fourth-order valence-corrected chi connectivity index (χ4v) is 2.57. The molecule has 25 heavy (non-hydrogen) atoms. The van der Waals surface area contributed by atoms with Crippen LogP contribution in [0.2, 0.25) is 5.02 Å². The van der Waals surface area contributed by atoms with Crippen molar-refractivity contribution < 1.29 is 19.0 Å². The molecule has 0 unspecified atom stereocenters. The van der Waals surface area contributed by atoms with Crippen molar-refractivity contribution in [3.05, 3.63) is 47.0 Å². The van der Waals surface area contributed by atoms with E-state index in [1.54, 1.807) is 12.1 Å². The van der Waals surface area contributed by atoms with Crippen LogP contribution in [0.1, 0.15) is 18.9 Å². The van der Waals surface area contributed by atoms with Crippen LogP contribution in [0.15, 0.2) is 36.4 Å². The lowest BCUT2D eigenvalue weighted by molar-refractivity contribution is -0.118. The third-order valence-electron chi connectivity index (χ3n) is 3.58. The molecule has 0 atom stereocenters. The normalized spacial score (nSPS) is 10.2. The summed E-state index contributed by atoms with van der Waals surface area (Å²) in [5.41, 5.74) is 1.72. The van der Waals surface area contributed by atoms with Gasteiger partial charge in [-0.05, 0) is 24.1 Å². The number of benzene rings is 2. The molecular weight excluding hydrogens is 342 g/mol. The van der Waals surface area contributed by atoms with E-state index in [9.17, 15) is 4.79 Å². The van der Waals surface area contributed by atoms with Crippen LogP contribution in [-0.4, -0.2) is 26.7 Å². The first-order valence-corrected chi connectivity index (χ1v) is 8.38. The second-order valence-corrected chi connectivity index (χ2v) is 5.83. The molecule has 0 saturated carbocycles. The van der Waals surface area contributed by atoms with Crippen molar-refractivity contribution in [2.24, 2.45) is 0 Å². The minimum atomic E-state index is -0.305. The molecule has 0 aliphatic heterocycles. The molecule has 2 aromatic carbocycles. The molecule has 0 fully saturated rings. The van der Waals surface area contributed by atoms with Gasteiger partial charge in [0.05, 0.1) is 24.9 Å². The molecule has 0 bridgehead atoms. The van der Waals surface area contributed by atoms with E-state index in [1.165, 1.54) is 19.8 Å². The first-order valence-electron chi connectivity index (χ1n) is 8.00. The maximum atomic E-state index is 12.1. The average molecular weight is 364 g/mol. The zero-order chi connectivity index (χ0) is 18.2. The van der Waals surface area contributed by atoms with Gasteiger partial charge in [-0.25, -0.2) is 0 Å². The van der Waals surface area contributed by atoms with Crippen molar-refractivity contribution in [3.8, 4) is 17.2 Å². The van der Waals surface area contributed by atoms with Gasteiger partial charge < -0.3 is 19.5 Å². The number of amides is 1. The summed E-state index contributed by atoms with van der Waals surface area (Å²) in [6.07, 6.45) is 2.12. The zero-order valence-electron chi connectivity index (χ0n) is 14.6. The maximum absolute atomic E-state index is 12.1. The molecule has 1 amide bonds. The Morgan fingerprint density at radius 1 is 1.08 bits per heavy atom. The van der Waals surface area contributed by atoms with Gasteiger partial charge >= 0.3 is 0 Å². The fraction of sp³-hybridized carbons (Fsp3) is 0.316. The van der Waals surface area contributed by atoms with E-state index < -0.39 is 0 Å². The Kier molecular flexibility index (Phi) is 6.95. The van der Waals surface area contributed by atoms with Crippen molar-refractivity contribution in [1.29, 1.82) is 0 Å². The standard InChI is InChI=1S/C19H22ClNO4/c1-4-5-13-6-8-14(9-7-13)25-12-19(22)21-16-11-17(23-2)15(20)10-18(16)24-3/h6-11H,4-5,12H2,1-3H3,(H,21,22). The van der Waals surface area contributed by atoms with Crippen LogP contribution in [-0.2, 0) is 11.2 Å². The summed E-state index contributed by atoms with van der Waals surface area (Å²) in [5.74, 6) is 1.24. The molecular formula is C19H22ClNO4. The second kappa shape index (κ2) is 9.18. The van der Waals surface area contributed by atoms with Gasteiger partial charge in [0.2, 0.25) is 0 Å². The third kappa shape index (κ3) is 5.29. The SMILES string of the molecule is CCCc1ccc(OCC(=O)Nc2cc(OC)c(Cl)cc2OC)cc1. The molecule has 2 aromatic rings. The largest absolute Gasteiger partial charge is 0.495 e. The Hall–Kier alpha value is -2.40. The summed E-state index contributed by atoms with van der Waals surface area (Å²) in [6, 6.07) is 10.9. The Balaban J connectivity index is 1.98. The van der Waals surface area contributed by atoms with E-state index in [0.29, 0.717) is 28.0 Å². The molecule has 6 heteroatoms. The van der Waals surface area contributed by atoms with Gasteiger partial charge in [-0.3, -0.25) is 4.79 Å². The third-order valence-corrected chi connectivity index (χ3v) is 3.88. The number of carbonyl (C=O) groups is 1. The van der Waals surface area contributed by atoms with Gasteiger partial charge in [0.15, 0.2) is 6.61 Å². The van der Waals surface area contributed by atoms with Crippen LogP contribution >= 0.6 is 11.6 Å². The highest BCUT2D eigenvalue weighted by Crippen LogP contribution is 2.35. The number of rotatable bonds is 8.